The summed E-state index contributed by atoms with van der Waals surface area (Å²) in [6.07, 6.45) is 0. The lowest BCUT2D eigenvalue weighted by molar-refractivity contribution is -0.119. The molecule has 118 valence electrons. The summed E-state index contributed by atoms with van der Waals surface area (Å²) in [5.74, 6) is -3.83. The summed E-state index contributed by atoms with van der Waals surface area (Å²) < 4.78 is 40.6. The first kappa shape index (κ1) is 16.4. The molecule has 4 nitrogen and oxygen atoms in total. The number of benzene rings is 1. The number of aryl methyl sites for hydroxylation is 1. The zero-order valence-electron chi connectivity index (χ0n) is 11.9. The van der Waals surface area contributed by atoms with Crippen molar-refractivity contribution in [3.05, 3.63) is 34.5 Å². The summed E-state index contributed by atoms with van der Waals surface area (Å²) in [7, 11) is 0. The van der Waals surface area contributed by atoms with Crippen LogP contribution in [-0.4, -0.2) is 17.4 Å². The third kappa shape index (κ3) is 3.28. The van der Waals surface area contributed by atoms with Gasteiger partial charge in [0.05, 0.1) is 11.3 Å². The molecule has 1 aromatic heterocycles. The smallest absolute Gasteiger partial charge is 0.230 e. The van der Waals surface area contributed by atoms with Gasteiger partial charge in [-0.2, -0.15) is 0 Å². The van der Waals surface area contributed by atoms with E-state index in [0.717, 1.165) is 11.3 Å². The van der Waals surface area contributed by atoms with E-state index in [1.165, 1.54) is 0 Å². The lowest BCUT2D eigenvalue weighted by Gasteiger charge is -2.06. The second kappa shape index (κ2) is 6.45. The van der Waals surface area contributed by atoms with E-state index in [2.05, 4.69) is 10.3 Å². The topological polar surface area (TPSA) is 68.0 Å². The van der Waals surface area contributed by atoms with Gasteiger partial charge >= 0.3 is 0 Å². The summed E-state index contributed by atoms with van der Waals surface area (Å²) in [5.41, 5.74) is 5.02. The Morgan fingerprint density at radius 3 is 2.50 bits per heavy atom. The Kier molecular flexibility index (Phi) is 4.82. The van der Waals surface area contributed by atoms with E-state index in [4.69, 9.17) is 5.73 Å². The molecule has 0 aliphatic rings. The fourth-order valence-corrected chi connectivity index (χ4v) is 2.61. The highest BCUT2D eigenvalue weighted by atomic mass is 32.1. The van der Waals surface area contributed by atoms with Crippen LogP contribution in [0.2, 0.25) is 0 Å². The maximum absolute atomic E-state index is 13.8. The van der Waals surface area contributed by atoms with Crippen LogP contribution in [0.25, 0.3) is 11.3 Å². The van der Waals surface area contributed by atoms with Gasteiger partial charge in [-0.3, -0.25) is 4.79 Å². The van der Waals surface area contributed by atoms with Crippen molar-refractivity contribution in [2.75, 3.05) is 11.9 Å². The molecule has 0 saturated heterocycles. The van der Waals surface area contributed by atoms with Crippen molar-refractivity contribution in [3.8, 4) is 11.3 Å². The molecule has 1 unspecified atom stereocenters. The highest BCUT2D eigenvalue weighted by Crippen LogP contribution is 2.34. The van der Waals surface area contributed by atoms with E-state index in [1.807, 2.05) is 0 Å². The average Bonchev–Trinajstić information content (AvgIpc) is 2.77. The number of hydrogen-bond acceptors (Lipinski definition) is 4. The van der Waals surface area contributed by atoms with E-state index in [0.29, 0.717) is 17.0 Å². The fraction of sp³-hybridized carbons (Fsp3) is 0.286. The third-order valence-corrected chi connectivity index (χ3v) is 3.96. The molecule has 22 heavy (non-hydrogen) atoms. The van der Waals surface area contributed by atoms with Gasteiger partial charge < -0.3 is 11.1 Å². The molecule has 3 N–H and O–H groups in total. The van der Waals surface area contributed by atoms with Crippen LogP contribution < -0.4 is 11.1 Å². The van der Waals surface area contributed by atoms with E-state index in [9.17, 15) is 18.0 Å². The van der Waals surface area contributed by atoms with E-state index < -0.39 is 28.9 Å². The predicted octanol–water partition coefficient (Wildman–Crippen LogP) is 3.07. The molecule has 0 bridgehead atoms. The van der Waals surface area contributed by atoms with Crippen molar-refractivity contribution in [2.45, 2.75) is 13.8 Å². The van der Waals surface area contributed by atoms with Gasteiger partial charge in [-0.05, 0) is 6.92 Å². The van der Waals surface area contributed by atoms with Crippen LogP contribution in [0, 0.1) is 30.3 Å². The van der Waals surface area contributed by atoms with Gasteiger partial charge in [-0.1, -0.05) is 6.92 Å². The summed E-state index contributed by atoms with van der Waals surface area (Å²) in [6, 6.07) is 1.18. The average molecular weight is 329 g/mol. The summed E-state index contributed by atoms with van der Waals surface area (Å²) in [5, 5.41) is 2.75. The number of carbonyl (C=O) groups excluding carboxylic acids is 1. The van der Waals surface area contributed by atoms with Crippen LogP contribution in [0.1, 0.15) is 11.8 Å². The number of halogens is 3. The zero-order valence-corrected chi connectivity index (χ0v) is 12.7. The first-order valence-electron chi connectivity index (χ1n) is 6.46. The molecule has 0 radical (unpaired) electrons. The molecule has 0 saturated carbocycles. The number of nitrogens with two attached hydrogens (primary N) is 1. The minimum Gasteiger partial charge on any atom is -0.330 e. The molecule has 2 rings (SSSR count). The molecule has 8 heteroatoms. The summed E-state index contributed by atoms with van der Waals surface area (Å²) in [4.78, 5) is 16.3. The molecule has 1 atom stereocenters. The Hall–Kier alpha value is -1.93. The van der Waals surface area contributed by atoms with E-state index >= 15 is 0 Å². The van der Waals surface area contributed by atoms with Gasteiger partial charge in [0.2, 0.25) is 5.91 Å². The second-order valence-electron chi connectivity index (χ2n) is 4.79. The summed E-state index contributed by atoms with van der Waals surface area (Å²) in [6.45, 7) is 3.43. The van der Waals surface area contributed by atoms with Gasteiger partial charge in [-0.15, -0.1) is 11.3 Å². The number of thiazole rings is 1. The Morgan fingerprint density at radius 2 is 1.95 bits per heavy atom. The van der Waals surface area contributed by atoms with Gasteiger partial charge in [0.1, 0.15) is 17.5 Å². The number of amides is 1. The van der Waals surface area contributed by atoms with Crippen LogP contribution in [-0.2, 0) is 4.79 Å². The quantitative estimate of drug-likeness (QED) is 0.906. The highest BCUT2D eigenvalue weighted by molar-refractivity contribution is 7.16. The van der Waals surface area contributed by atoms with Crippen molar-refractivity contribution in [3.63, 3.8) is 0 Å². The predicted molar refractivity (Wildman–Crippen MR) is 79.0 cm³/mol. The number of aromatic nitrogens is 1. The van der Waals surface area contributed by atoms with Crippen molar-refractivity contribution < 1.29 is 18.0 Å². The Morgan fingerprint density at radius 1 is 1.36 bits per heavy atom. The number of nitrogens with zero attached hydrogens (tertiary/aromatic N) is 1. The Balaban J connectivity index is 2.37. The molecule has 1 heterocycles. The zero-order chi connectivity index (χ0) is 16.4. The number of anilines is 1. The first-order chi connectivity index (χ1) is 10.3. The van der Waals surface area contributed by atoms with Gasteiger partial charge in [0, 0.05) is 29.5 Å². The lowest BCUT2D eigenvalue weighted by atomic mass is 10.1. The van der Waals surface area contributed by atoms with Crippen LogP contribution in [0.5, 0.6) is 0 Å². The standard InChI is InChI=1S/C14H14F3N3OS/c1-6(5-18)13(21)20-14-19-12(7(2)22-14)11-9(16)3-8(15)4-10(11)17/h3-4,6H,5,18H2,1-2H3,(H,19,20,21). The molecular formula is C14H14F3N3OS. The second-order valence-corrected chi connectivity index (χ2v) is 6.00. The number of carbonyl (C=O) groups is 1. The fourth-order valence-electron chi connectivity index (χ4n) is 1.79. The van der Waals surface area contributed by atoms with Gasteiger partial charge in [0.15, 0.2) is 5.13 Å². The van der Waals surface area contributed by atoms with E-state index in [1.54, 1.807) is 13.8 Å². The third-order valence-electron chi connectivity index (χ3n) is 3.07. The van der Waals surface area contributed by atoms with Crippen molar-refractivity contribution >= 4 is 22.4 Å². The number of hydrogen-bond donors (Lipinski definition) is 2. The molecule has 0 spiro atoms. The van der Waals surface area contributed by atoms with Crippen LogP contribution >= 0.6 is 11.3 Å². The highest BCUT2D eigenvalue weighted by Gasteiger charge is 2.21. The maximum Gasteiger partial charge on any atom is 0.230 e. The van der Waals surface area contributed by atoms with Crippen molar-refractivity contribution in [2.24, 2.45) is 11.7 Å². The Labute approximate surface area is 129 Å². The molecule has 0 aliphatic carbocycles. The first-order valence-corrected chi connectivity index (χ1v) is 7.28. The van der Waals surface area contributed by atoms with Crippen LogP contribution in [0.3, 0.4) is 0 Å². The molecule has 0 fully saturated rings. The SMILES string of the molecule is Cc1sc(NC(=O)C(C)CN)nc1-c1c(F)cc(F)cc1F. The normalized spacial score (nSPS) is 12.3. The van der Waals surface area contributed by atoms with Crippen LogP contribution in [0.15, 0.2) is 12.1 Å². The molecule has 1 aromatic carbocycles. The lowest BCUT2D eigenvalue weighted by Crippen LogP contribution is -2.26. The van der Waals surface area contributed by atoms with Crippen molar-refractivity contribution in [1.29, 1.82) is 0 Å². The van der Waals surface area contributed by atoms with Gasteiger partial charge in [-0.25, -0.2) is 18.2 Å². The number of nitrogens with one attached hydrogen (secondary N) is 1. The van der Waals surface area contributed by atoms with Crippen LogP contribution in [0.4, 0.5) is 18.3 Å². The molecule has 0 aliphatic heterocycles. The van der Waals surface area contributed by atoms with Gasteiger partial charge in [0.25, 0.3) is 0 Å². The summed E-state index contributed by atoms with van der Waals surface area (Å²) >= 11 is 1.08. The largest absolute Gasteiger partial charge is 0.330 e. The van der Waals surface area contributed by atoms with Crippen molar-refractivity contribution in [1.82, 2.24) is 4.98 Å². The minimum absolute atomic E-state index is 0.0377. The molecule has 1 amide bonds. The minimum atomic E-state index is -1.04. The molecule has 2 aromatic rings. The molecular weight excluding hydrogens is 315 g/mol. The monoisotopic (exact) mass is 329 g/mol. The maximum atomic E-state index is 13.8. The number of rotatable bonds is 4. The van der Waals surface area contributed by atoms with E-state index in [-0.39, 0.29) is 23.3 Å². The Bertz CT molecular complexity index is 694.